The van der Waals surface area contributed by atoms with Gasteiger partial charge in [0.05, 0.1) is 6.10 Å². The molecule has 0 bridgehead atoms. The first kappa shape index (κ1) is 7.57. The van der Waals surface area contributed by atoms with Crippen LogP contribution in [0.5, 0.6) is 0 Å². The van der Waals surface area contributed by atoms with Gasteiger partial charge in [0.2, 0.25) is 0 Å². The molecule has 0 aromatic rings. The van der Waals surface area contributed by atoms with Crippen LogP contribution in [0.25, 0.3) is 0 Å². The summed E-state index contributed by atoms with van der Waals surface area (Å²) in [6, 6.07) is 0. The topological polar surface area (TPSA) is 20.2 Å². The van der Waals surface area contributed by atoms with Crippen molar-refractivity contribution < 1.29 is 5.11 Å². The van der Waals surface area contributed by atoms with E-state index in [0.717, 1.165) is 0 Å². The van der Waals surface area contributed by atoms with Crippen LogP contribution < -0.4 is 0 Å². The molecule has 0 amide bonds. The van der Waals surface area contributed by atoms with Gasteiger partial charge in [-0.15, -0.1) is 0 Å². The molecule has 0 fully saturated rings. The minimum Gasteiger partial charge on any atom is -0.389 e. The highest BCUT2D eigenvalue weighted by Crippen LogP contribution is 2.51. The second kappa shape index (κ2) is 2.36. The Morgan fingerprint density at radius 3 is 2.62 bits per heavy atom. The predicted octanol–water partition coefficient (Wildman–Crippen LogP) is 1.91. The highest BCUT2D eigenvalue weighted by Gasteiger charge is 2.44. The Morgan fingerprint density at radius 2 is 1.85 bits per heavy atom. The third-order valence-electron chi connectivity index (χ3n) is 3.65. The number of aliphatic hydroxyl groups excluding tert-OH is 1. The Labute approximate surface area is 78.5 Å². The van der Waals surface area contributed by atoms with Gasteiger partial charge in [0, 0.05) is 5.92 Å². The van der Waals surface area contributed by atoms with Crippen LogP contribution in [-0.2, 0) is 0 Å². The molecule has 3 aliphatic rings. The lowest BCUT2D eigenvalue weighted by Gasteiger charge is -2.18. The average Bonchev–Trinajstić information content (AvgIpc) is 2.72. The van der Waals surface area contributed by atoms with E-state index in [1.165, 1.54) is 5.57 Å². The lowest BCUT2D eigenvalue weighted by atomic mass is 9.86. The number of hydrogen-bond acceptors (Lipinski definition) is 1. The molecule has 13 heavy (non-hydrogen) atoms. The van der Waals surface area contributed by atoms with Gasteiger partial charge in [0.1, 0.15) is 0 Å². The largest absolute Gasteiger partial charge is 0.389 e. The van der Waals surface area contributed by atoms with Gasteiger partial charge in [0.25, 0.3) is 0 Å². The van der Waals surface area contributed by atoms with E-state index in [2.05, 4.69) is 30.4 Å². The summed E-state index contributed by atoms with van der Waals surface area (Å²) in [4.78, 5) is 0. The van der Waals surface area contributed by atoms with Gasteiger partial charge in [-0.2, -0.15) is 0 Å². The molecule has 1 N–H and O–H groups in total. The van der Waals surface area contributed by atoms with Crippen LogP contribution >= 0.6 is 0 Å². The fourth-order valence-electron chi connectivity index (χ4n) is 3.07. The quantitative estimate of drug-likeness (QED) is 0.602. The van der Waals surface area contributed by atoms with Gasteiger partial charge in [0.15, 0.2) is 0 Å². The summed E-state index contributed by atoms with van der Waals surface area (Å²) in [6.07, 6.45) is 11.2. The minimum atomic E-state index is -0.271. The highest BCUT2D eigenvalue weighted by atomic mass is 16.3. The van der Waals surface area contributed by atoms with Crippen molar-refractivity contribution in [3.63, 3.8) is 0 Å². The first-order valence-corrected chi connectivity index (χ1v) is 5.03. The van der Waals surface area contributed by atoms with Crippen molar-refractivity contribution >= 4 is 0 Å². The number of allylic oxidation sites excluding steroid dienone is 5. The molecule has 1 nitrogen and oxygen atoms in total. The monoisotopic (exact) mass is 174 g/mol. The molecule has 68 valence electrons. The van der Waals surface area contributed by atoms with Crippen LogP contribution in [-0.4, -0.2) is 11.2 Å². The van der Waals surface area contributed by atoms with Crippen LogP contribution in [0.2, 0.25) is 0 Å². The Morgan fingerprint density at radius 1 is 1.15 bits per heavy atom. The standard InChI is InChI=1S/C12H14O/c1-7(13)11-6-9-3-2-8-4-5-10(11)12(8)9/h2-10,12-13H,1H3/t7-,8-,9+,10+,12-/m0/s1. The smallest absolute Gasteiger partial charge is 0.0728 e. The van der Waals surface area contributed by atoms with Crippen molar-refractivity contribution in [2.75, 3.05) is 0 Å². The van der Waals surface area contributed by atoms with E-state index < -0.39 is 0 Å². The lowest BCUT2D eigenvalue weighted by molar-refractivity contribution is 0.217. The van der Waals surface area contributed by atoms with E-state index in [0.29, 0.717) is 23.7 Å². The maximum Gasteiger partial charge on any atom is 0.0728 e. The molecule has 3 rings (SSSR count). The Hall–Kier alpha value is -0.820. The Bertz CT molecular complexity index is 322. The third kappa shape index (κ3) is 0.856. The van der Waals surface area contributed by atoms with Gasteiger partial charge in [-0.25, -0.2) is 0 Å². The van der Waals surface area contributed by atoms with Gasteiger partial charge >= 0.3 is 0 Å². The second-order valence-corrected chi connectivity index (χ2v) is 4.37. The van der Waals surface area contributed by atoms with Gasteiger partial charge < -0.3 is 5.11 Å². The van der Waals surface area contributed by atoms with Crippen molar-refractivity contribution in [2.45, 2.75) is 13.0 Å². The van der Waals surface area contributed by atoms with E-state index in [9.17, 15) is 5.11 Å². The lowest BCUT2D eigenvalue weighted by Crippen LogP contribution is -2.16. The van der Waals surface area contributed by atoms with Crippen molar-refractivity contribution in [3.8, 4) is 0 Å². The maximum atomic E-state index is 9.60. The van der Waals surface area contributed by atoms with Crippen molar-refractivity contribution in [1.29, 1.82) is 0 Å². The van der Waals surface area contributed by atoms with Gasteiger partial charge in [-0.05, 0) is 30.3 Å². The summed E-state index contributed by atoms with van der Waals surface area (Å²) in [6.45, 7) is 1.87. The first-order valence-electron chi connectivity index (χ1n) is 5.03. The molecule has 0 aromatic carbocycles. The molecular formula is C12H14O. The second-order valence-electron chi connectivity index (χ2n) is 4.37. The summed E-state index contributed by atoms with van der Waals surface area (Å²) in [7, 11) is 0. The summed E-state index contributed by atoms with van der Waals surface area (Å²) >= 11 is 0. The maximum absolute atomic E-state index is 9.60. The van der Waals surface area contributed by atoms with Crippen molar-refractivity contribution in [3.05, 3.63) is 36.0 Å². The molecule has 0 spiro atoms. The number of rotatable bonds is 1. The zero-order valence-corrected chi connectivity index (χ0v) is 7.72. The molecule has 1 heteroatoms. The molecule has 0 unspecified atom stereocenters. The van der Waals surface area contributed by atoms with Crippen LogP contribution in [0.1, 0.15) is 6.92 Å². The summed E-state index contributed by atoms with van der Waals surface area (Å²) in [5, 5.41) is 9.60. The zero-order chi connectivity index (χ0) is 9.00. The van der Waals surface area contributed by atoms with Crippen molar-refractivity contribution in [2.24, 2.45) is 23.7 Å². The van der Waals surface area contributed by atoms with Crippen LogP contribution in [0, 0.1) is 23.7 Å². The van der Waals surface area contributed by atoms with Gasteiger partial charge in [-0.3, -0.25) is 0 Å². The van der Waals surface area contributed by atoms with E-state index in [4.69, 9.17) is 0 Å². The van der Waals surface area contributed by atoms with E-state index in [1.54, 1.807) is 0 Å². The minimum absolute atomic E-state index is 0.271. The molecule has 0 radical (unpaired) electrons. The zero-order valence-electron chi connectivity index (χ0n) is 7.72. The Kier molecular flexibility index (Phi) is 1.37. The highest BCUT2D eigenvalue weighted by molar-refractivity contribution is 5.38. The number of hydrogen-bond donors (Lipinski definition) is 1. The van der Waals surface area contributed by atoms with Gasteiger partial charge in [-0.1, -0.05) is 30.4 Å². The van der Waals surface area contributed by atoms with E-state index in [-0.39, 0.29) is 6.10 Å². The molecule has 0 saturated carbocycles. The van der Waals surface area contributed by atoms with E-state index in [1.807, 2.05) is 6.92 Å². The molecule has 0 heterocycles. The summed E-state index contributed by atoms with van der Waals surface area (Å²) in [5.41, 5.74) is 1.23. The fourth-order valence-corrected chi connectivity index (χ4v) is 3.07. The third-order valence-corrected chi connectivity index (χ3v) is 3.65. The predicted molar refractivity (Wildman–Crippen MR) is 52.0 cm³/mol. The Balaban J connectivity index is 2.02. The molecule has 0 aliphatic heterocycles. The number of aliphatic hydroxyl groups is 1. The molecule has 5 atom stereocenters. The van der Waals surface area contributed by atoms with E-state index >= 15 is 0 Å². The first-order chi connectivity index (χ1) is 6.27. The van der Waals surface area contributed by atoms with Crippen molar-refractivity contribution in [1.82, 2.24) is 0 Å². The fraction of sp³-hybridized carbons (Fsp3) is 0.500. The normalized spacial score (nSPS) is 46.8. The molecule has 3 aliphatic carbocycles. The average molecular weight is 174 g/mol. The summed E-state index contributed by atoms with van der Waals surface area (Å²) < 4.78 is 0. The molecule has 0 saturated heterocycles. The summed E-state index contributed by atoms with van der Waals surface area (Å²) in [5.74, 6) is 2.46. The van der Waals surface area contributed by atoms with Crippen LogP contribution in [0.4, 0.5) is 0 Å². The van der Waals surface area contributed by atoms with Crippen LogP contribution in [0.15, 0.2) is 36.0 Å². The molecular weight excluding hydrogens is 160 g/mol. The molecule has 0 aromatic heterocycles. The van der Waals surface area contributed by atoms with Crippen LogP contribution in [0.3, 0.4) is 0 Å². The SMILES string of the molecule is C[C@H](O)C1=C[C@H]2C=C[C@H]3C=C[C@H]1[C@@H]32.